The van der Waals surface area contributed by atoms with Crippen LogP contribution in [0, 0.1) is 5.92 Å². The summed E-state index contributed by atoms with van der Waals surface area (Å²) in [7, 11) is 0. The SMILES string of the molecule is CCC(=O)C1CCN(C(=O)OC(C)(C)C)CC1(F)F. The van der Waals surface area contributed by atoms with E-state index in [4.69, 9.17) is 4.74 Å². The van der Waals surface area contributed by atoms with Crippen LogP contribution in [0.15, 0.2) is 0 Å². The zero-order valence-corrected chi connectivity index (χ0v) is 11.8. The van der Waals surface area contributed by atoms with Crippen molar-refractivity contribution in [1.82, 2.24) is 4.90 Å². The van der Waals surface area contributed by atoms with Crippen LogP contribution >= 0.6 is 0 Å². The Morgan fingerprint density at radius 2 is 1.95 bits per heavy atom. The Bertz CT molecular complexity index is 363. The molecule has 19 heavy (non-hydrogen) atoms. The van der Waals surface area contributed by atoms with Crippen molar-refractivity contribution in [3.63, 3.8) is 0 Å². The van der Waals surface area contributed by atoms with E-state index in [1.54, 1.807) is 27.7 Å². The van der Waals surface area contributed by atoms with Crippen molar-refractivity contribution in [2.75, 3.05) is 13.1 Å². The van der Waals surface area contributed by atoms with Crippen LogP contribution in [0.4, 0.5) is 13.6 Å². The first-order valence-corrected chi connectivity index (χ1v) is 6.45. The highest BCUT2D eigenvalue weighted by Gasteiger charge is 2.49. The van der Waals surface area contributed by atoms with E-state index in [1.165, 1.54) is 0 Å². The van der Waals surface area contributed by atoms with Crippen molar-refractivity contribution in [3.05, 3.63) is 0 Å². The molecule has 0 saturated carbocycles. The summed E-state index contributed by atoms with van der Waals surface area (Å²) in [5.74, 6) is -4.91. The molecule has 0 spiro atoms. The van der Waals surface area contributed by atoms with Gasteiger partial charge in [-0.2, -0.15) is 0 Å². The first-order chi connectivity index (χ1) is 8.57. The van der Waals surface area contributed by atoms with Gasteiger partial charge in [0, 0.05) is 13.0 Å². The van der Waals surface area contributed by atoms with E-state index in [9.17, 15) is 18.4 Å². The molecule has 1 saturated heterocycles. The summed E-state index contributed by atoms with van der Waals surface area (Å²) >= 11 is 0. The molecule has 4 nitrogen and oxygen atoms in total. The summed E-state index contributed by atoms with van der Waals surface area (Å²) in [6.07, 6.45) is -0.680. The second-order valence-electron chi connectivity index (χ2n) is 5.82. The molecule has 0 aromatic rings. The smallest absolute Gasteiger partial charge is 0.410 e. The number of ketones is 1. The number of amides is 1. The molecule has 0 aliphatic carbocycles. The molecule has 1 amide bonds. The number of carbonyl (C=O) groups is 2. The fourth-order valence-electron chi connectivity index (χ4n) is 2.07. The standard InChI is InChI=1S/C13H21F2NO3/c1-5-10(17)9-6-7-16(8-13(9,14)15)11(18)19-12(2,3)4/h9H,5-8H2,1-4H3. The zero-order chi connectivity index (χ0) is 14.8. The van der Waals surface area contributed by atoms with Crippen LogP contribution in [-0.4, -0.2) is 41.4 Å². The molecule has 0 aromatic carbocycles. The minimum atomic E-state index is -3.18. The highest BCUT2D eigenvalue weighted by atomic mass is 19.3. The van der Waals surface area contributed by atoms with Crippen molar-refractivity contribution in [1.29, 1.82) is 0 Å². The van der Waals surface area contributed by atoms with Crippen molar-refractivity contribution in [2.24, 2.45) is 5.92 Å². The topological polar surface area (TPSA) is 46.6 Å². The molecular weight excluding hydrogens is 256 g/mol. The second kappa shape index (κ2) is 5.43. The van der Waals surface area contributed by atoms with Gasteiger partial charge in [0.25, 0.3) is 5.92 Å². The van der Waals surface area contributed by atoms with E-state index < -0.39 is 35.9 Å². The van der Waals surface area contributed by atoms with Gasteiger partial charge in [0.1, 0.15) is 11.4 Å². The van der Waals surface area contributed by atoms with Crippen molar-refractivity contribution in [2.45, 2.75) is 52.1 Å². The molecular formula is C13H21F2NO3. The Hall–Kier alpha value is -1.20. The summed E-state index contributed by atoms with van der Waals surface area (Å²) in [6, 6.07) is 0. The van der Waals surface area contributed by atoms with Crippen LogP contribution < -0.4 is 0 Å². The van der Waals surface area contributed by atoms with E-state index in [0.717, 1.165) is 4.90 Å². The molecule has 1 unspecified atom stereocenters. The van der Waals surface area contributed by atoms with Crippen LogP contribution in [0.2, 0.25) is 0 Å². The average molecular weight is 277 g/mol. The first-order valence-electron chi connectivity index (χ1n) is 6.45. The van der Waals surface area contributed by atoms with Gasteiger partial charge in [-0.05, 0) is 27.2 Å². The predicted octanol–water partition coefficient (Wildman–Crippen LogP) is 2.86. The van der Waals surface area contributed by atoms with Gasteiger partial charge in [0.05, 0.1) is 12.5 Å². The maximum absolute atomic E-state index is 13.9. The van der Waals surface area contributed by atoms with E-state index >= 15 is 0 Å². The molecule has 1 fully saturated rings. The number of hydrogen-bond acceptors (Lipinski definition) is 3. The van der Waals surface area contributed by atoms with Crippen LogP contribution in [0.3, 0.4) is 0 Å². The Balaban J connectivity index is 2.70. The minimum Gasteiger partial charge on any atom is -0.444 e. The monoisotopic (exact) mass is 277 g/mol. The number of piperidine rings is 1. The summed E-state index contributed by atoms with van der Waals surface area (Å²) in [5.41, 5.74) is -0.720. The maximum atomic E-state index is 13.9. The third kappa shape index (κ3) is 4.14. The maximum Gasteiger partial charge on any atom is 0.410 e. The van der Waals surface area contributed by atoms with Gasteiger partial charge in [-0.15, -0.1) is 0 Å². The van der Waals surface area contributed by atoms with Gasteiger partial charge in [0.15, 0.2) is 0 Å². The van der Waals surface area contributed by atoms with Gasteiger partial charge in [0.2, 0.25) is 0 Å². The predicted molar refractivity (Wildman–Crippen MR) is 66.2 cm³/mol. The molecule has 1 heterocycles. The molecule has 110 valence electrons. The number of likely N-dealkylation sites (tertiary alicyclic amines) is 1. The fourth-order valence-corrected chi connectivity index (χ4v) is 2.07. The zero-order valence-electron chi connectivity index (χ0n) is 11.8. The number of Topliss-reactive ketones (excluding diaryl/α,β-unsaturated/α-hetero) is 1. The number of nitrogens with zero attached hydrogens (tertiary/aromatic N) is 1. The van der Waals surface area contributed by atoms with Gasteiger partial charge >= 0.3 is 6.09 Å². The fraction of sp³-hybridized carbons (Fsp3) is 0.846. The van der Waals surface area contributed by atoms with Crippen molar-refractivity contribution < 1.29 is 23.1 Å². The van der Waals surface area contributed by atoms with Crippen LogP contribution in [0.1, 0.15) is 40.5 Å². The Labute approximate surface area is 112 Å². The summed E-state index contributed by atoms with van der Waals surface area (Å²) in [6.45, 7) is 5.97. The van der Waals surface area contributed by atoms with Crippen LogP contribution in [0.25, 0.3) is 0 Å². The average Bonchev–Trinajstić information content (AvgIpc) is 2.24. The highest BCUT2D eigenvalue weighted by Crippen LogP contribution is 2.34. The lowest BCUT2D eigenvalue weighted by molar-refractivity contribution is -0.148. The van der Waals surface area contributed by atoms with E-state index in [-0.39, 0.29) is 19.4 Å². The van der Waals surface area contributed by atoms with Crippen LogP contribution in [-0.2, 0) is 9.53 Å². The second-order valence-corrected chi connectivity index (χ2v) is 5.82. The summed E-state index contributed by atoms with van der Waals surface area (Å²) < 4.78 is 32.8. The minimum absolute atomic E-state index is 0.0150. The Morgan fingerprint density at radius 3 is 2.37 bits per heavy atom. The number of carbonyl (C=O) groups excluding carboxylic acids is 2. The quantitative estimate of drug-likeness (QED) is 0.779. The summed E-state index contributed by atoms with van der Waals surface area (Å²) in [5, 5.41) is 0. The molecule has 0 bridgehead atoms. The van der Waals surface area contributed by atoms with E-state index in [2.05, 4.69) is 0 Å². The third-order valence-electron chi connectivity index (χ3n) is 2.99. The summed E-state index contributed by atoms with van der Waals surface area (Å²) in [4.78, 5) is 24.2. The number of halogens is 2. The molecule has 0 N–H and O–H groups in total. The normalized spacial score (nSPS) is 23.1. The van der Waals surface area contributed by atoms with Gasteiger partial charge in [-0.3, -0.25) is 4.79 Å². The van der Waals surface area contributed by atoms with Crippen LogP contribution in [0.5, 0.6) is 0 Å². The highest BCUT2D eigenvalue weighted by molar-refractivity contribution is 5.82. The molecule has 1 atom stereocenters. The van der Waals surface area contributed by atoms with E-state index in [1.807, 2.05) is 0 Å². The van der Waals surface area contributed by atoms with E-state index in [0.29, 0.717) is 0 Å². The molecule has 0 radical (unpaired) electrons. The van der Waals surface area contributed by atoms with Gasteiger partial charge in [-0.25, -0.2) is 13.6 Å². The molecule has 6 heteroatoms. The lowest BCUT2D eigenvalue weighted by Gasteiger charge is -2.38. The van der Waals surface area contributed by atoms with Crippen molar-refractivity contribution >= 4 is 11.9 Å². The molecule has 1 aliphatic heterocycles. The van der Waals surface area contributed by atoms with Gasteiger partial charge < -0.3 is 9.64 Å². The number of rotatable bonds is 2. The number of alkyl halides is 2. The molecule has 0 aromatic heterocycles. The lowest BCUT2D eigenvalue weighted by Crippen LogP contribution is -2.53. The Kier molecular flexibility index (Phi) is 4.53. The number of hydrogen-bond donors (Lipinski definition) is 0. The molecule has 1 rings (SSSR count). The van der Waals surface area contributed by atoms with Gasteiger partial charge in [-0.1, -0.05) is 6.92 Å². The lowest BCUT2D eigenvalue weighted by atomic mass is 9.88. The largest absolute Gasteiger partial charge is 0.444 e. The third-order valence-corrected chi connectivity index (χ3v) is 2.99. The molecule has 1 aliphatic rings. The Morgan fingerprint density at radius 1 is 1.37 bits per heavy atom. The number of ether oxygens (including phenoxy) is 1. The first kappa shape index (κ1) is 15.9. The van der Waals surface area contributed by atoms with Crippen molar-refractivity contribution in [3.8, 4) is 0 Å².